The summed E-state index contributed by atoms with van der Waals surface area (Å²) in [5, 5.41) is 3.68. The normalized spacial score (nSPS) is 25.1. The van der Waals surface area contributed by atoms with Crippen LogP contribution in [0.5, 0.6) is 0 Å². The highest BCUT2D eigenvalue weighted by molar-refractivity contribution is 7.17. The minimum atomic E-state index is -0.406. The maximum Gasteiger partial charge on any atom is 0.251 e. The van der Waals surface area contributed by atoms with E-state index in [2.05, 4.69) is 5.32 Å². The van der Waals surface area contributed by atoms with Gasteiger partial charge in [-0.25, -0.2) is 0 Å². The Balaban J connectivity index is 1.62. The summed E-state index contributed by atoms with van der Waals surface area (Å²) in [5.74, 6) is -0.150. The molecule has 1 aromatic heterocycles. The number of aryl methyl sites for hydroxylation is 1. The van der Waals surface area contributed by atoms with Crippen molar-refractivity contribution in [2.24, 2.45) is 17.1 Å². The van der Waals surface area contributed by atoms with Crippen LogP contribution in [0.2, 0.25) is 0 Å². The van der Waals surface area contributed by atoms with Gasteiger partial charge in [-0.3, -0.25) is 9.59 Å². The van der Waals surface area contributed by atoms with E-state index >= 15 is 0 Å². The van der Waals surface area contributed by atoms with Gasteiger partial charge in [0.15, 0.2) is 0 Å². The van der Waals surface area contributed by atoms with E-state index in [0.29, 0.717) is 16.0 Å². The number of primary amides is 1. The summed E-state index contributed by atoms with van der Waals surface area (Å²) >= 11 is 1.55. The van der Waals surface area contributed by atoms with Gasteiger partial charge >= 0.3 is 0 Å². The molecule has 3 aliphatic carbocycles. The summed E-state index contributed by atoms with van der Waals surface area (Å²) < 4.78 is 0. The van der Waals surface area contributed by atoms with Crippen molar-refractivity contribution in [2.75, 3.05) is 5.32 Å². The molecule has 2 fully saturated rings. The van der Waals surface area contributed by atoms with Crippen molar-refractivity contribution < 1.29 is 9.59 Å². The van der Waals surface area contributed by atoms with Crippen molar-refractivity contribution in [3.8, 4) is 0 Å². The van der Waals surface area contributed by atoms with Gasteiger partial charge in [0.1, 0.15) is 5.00 Å². The molecule has 1 spiro atoms. The molecule has 20 heavy (non-hydrogen) atoms. The van der Waals surface area contributed by atoms with Gasteiger partial charge in [-0.15, -0.1) is 11.3 Å². The molecular formula is C15H18N2O2S. The molecule has 4 nitrogen and oxygen atoms in total. The summed E-state index contributed by atoms with van der Waals surface area (Å²) in [6, 6.07) is 0. The molecule has 0 radical (unpaired) electrons. The lowest BCUT2D eigenvalue weighted by atomic mass is 9.95. The molecule has 3 N–H and O–H groups in total. The molecule has 2 saturated carbocycles. The number of carbonyl (C=O) groups is 2. The van der Waals surface area contributed by atoms with Crippen LogP contribution < -0.4 is 11.1 Å². The van der Waals surface area contributed by atoms with Crippen LogP contribution in [0.3, 0.4) is 0 Å². The Kier molecular flexibility index (Phi) is 2.52. The molecule has 1 aromatic rings. The Bertz CT molecular complexity index is 616. The summed E-state index contributed by atoms with van der Waals surface area (Å²) in [6.45, 7) is 0. The second-order valence-corrected chi connectivity index (χ2v) is 7.49. The fourth-order valence-electron chi connectivity index (χ4n) is 3.55. The van der Waals surface area contributed by atoms with Crippen LogP contribution in [0.25, 0.3) is 0 Å². The monoisotopic (exact) mass is 290 g/mol. The van der Waals surface area contributed by atoms with Crippen molar-refractivity contribution in [1.82, 2.24) is 0 Å². The van der Waals surface area contributed by atoms with Gasteiger partial charge in [0.05, 0.1) is 5.56 Å². The molecule has 1 heterocycles. The molecule has 2 amide bonds. The number of hydrogen-bond acceptors (Lipinski definition) is 3. The van der Waals surface area contributed by atoms with Crippen LogP contribution in [-0.4, -0.2) is 11.8 Å². The van der Waals surface area contributed by atoms with Crippen molar-refractivity contribution in [2.45, 2.75) is 44.9 Å². The Morgan fingerprint density at radius 2 is 2.00 bits per heavy atom. The number of hydrogen-bond donors (Lipinski definition) is 2. The van der Waals surface area contributed by atoms with Crippen LogP contribution in [0.15, 0.2) is 0 Å². The van der Waals surface area contributed by atoms with Crippen molar-refractivity contribution in [1.29, 1.82) is 0 Å². The fraction of sp³-hybridized carbons (Fsp3) is 0.600. The Hall–Kier alpha value is -1.36. The maximum absolute atomic E-state index is 12.3. The highest BCUT2D eigenvalue weighted by Crippen LogP contribution is 2.70. The second kappa shape index (κ2) is 4.07. The van der Waals surface area contributed by atoms with E-state index in [1.807, 2.05) is 0 Å². The summed E-state index contributed by atoms with van der Waals surface area (Å²) in [6.07, 6.45) is 7.57. The zero-order chi connectivity index (χ0) is 13.9. The van der Waals surface area contributed by atoms with E-state index in [1.54, 1.807) is 11.3 Å². The SMILES string of the molecule is NC(=O)c1c(NC(=O)[C@@H]2CC23CC3)sc2c1CCCC2. The Morgan fingerprint density at radius 1 is 1.25 bits per heavy atom. The summed E-state index contributed by atoms with van der Waals surface area (Å²) in [4.78, 5) is 25.2. The highest BCUT2D eigenvalue weighted by atomic mass is 32.1. The molecule has 5 heteroatoms. The highest BCUT2D eigenvalue weighted by Gasteiger charge is 2.65. The lowest BCUT2D eigenvalue weighted by Crippen LogP contribution is -2.19. The first kappa shape index (κ1) is 12.4. The molecule has 0 aromatic carbocycles. The van der Waals surface area contributed by atoms with E-state index in [0.717, 1.165) is 37.7 Å². The van der Waals surface area contributed by atoms with Crippen LogP contribution in [0.4, 0.5) is 5.00 Å². The van der Waals surface area contributed by atoms with Gasteiger partial charge in [-0.1, -0.05) is 0 Å². The third-order valence-electron chi connectivity index (χ3n) is 5.05. The predicted octanol–water partition coefficient (Wildman–Crippen LogP) is 2.46. The van der Waals surface area contributed by atoms with Gasteiger partial charge in [-0.2, -0.15) is 0 Å². The molecule has 1 atom stereocenters. The second-order valence-electron chi connectivity index (χ2n) is 6.39. The van der Waals surface area contributed by atoms with Crippen LogP contribution >= 0.6 is 11.3 Å². The maximum atomic E-state index is 12.3. The lowest BCUT2D eigenvalue weighted by Gasteiger charge is -2.11. The fourth-order valence-corrected chi connectivity index (χ4v) is 4.84. The van der Waals surface area contributed by atoms with Crippen LogP contribution in [0, 0.1) is 11.3 Å². The Labute approximate surface area is 121 Å². The lowest BCUT2D eigenvalue weighted by molar-refractivity contribution is -0.117. The molecule has 0 unspecified atom stereocenters. The minimum absolute atomic E-state index is 0.0867. The topological polar surface area (TPSA) is 72.2 Å². The largest absolute Gasteiger partial charge is 0.365 e. The quantitative estimate of drug-likeness (QED) is 0.897. The number of fused-ring (bicyclic) bond motifs is 1. The van der Waals surface area contributed by atoms with E-state index in [9.17, 15) is 9.59 Å². The standard InChI is InChI=1S/C15H18N2O2S/c16-12(18)11-8-3-1-2-4-10(8)20-14(11)17-13(19)9-7-15(9)5-6-15/h9H,1-7H2,(H2,16,18)(H,17,19)/t9-/m0/s1. The van der Waals surface area contributed by atoms with Crippen LogP contribution in [-0.2, 0) is 17.6 Å². The zero-order valence-electron chi connectivity index (χ0n) is 11.3. The van der Waals surface area contributed by atoms with Gasteiger partial charge in [0, 0.05) is 10.8 Å². The number of nitrogens with two attached hydrogens (primary N) is 1. The average Bonchev–Trinajstić information content (AvgIpc) is 3.30. The minimum Gasteiger partial charge on any atom is -0.365 e. The van der Waals surface area contributed by atoms with Gasteiger partial charge < -0.3 is 11.1 Å². The molecule has 0 aliphatic heterocycles. The molecule has 106 valence electrons. The molecule has 0 saturated heterocycles. The zero-order valence-corrected chi connectivity index (χ0v) is 12.1. The van der Waals surface area contributed by atoms with E-state index in [4.69, 9.17) is 5.73 Å². The van der Waals surface area contributed by atoms with Gasteiger partial charge in [-0.05, 0) is 55.9 Å². The van der Waals surface area contributed by atoms with E-state index in [-0.39, 0.29) is 11.8 Å². The summed E-state index contributed by atoms with van der Waals surface area (Å²) in [7, 11) is 0. The number of thiophene rings is 1. The van der Waals surface area contributed by atoms with Crippen molar-refractivity contribution in [3.63, 3.8) is 0 Å². The van der Waals surface area contributed by atoms with Crippen molar-refractivity contribution >= 4 is 28.2 Å². The average molecular weight is 290 g/mol. The number of nitrogens with one attached hydrogen (secondary N) is 1. The number of rotatable bonds is 3. The van der Waals surface area contributed by atoms with Gasteiger partial charge in [0.2, 0.25) is 5.91 Å². The third kappa shape index (κ3) is 1.79. The Morgan fingerprint density at radius 3 is 2.65 bits per heavy atom. The first-order valence-electron chi connectivity index (χ1n) is 7.36. The first-order valence-corrected chi connectivity index (χ1v) is 8.18. The molecule has 4 rings (SSSR count). The first-order chi connectivity index (χ1) is 9.61. The smallest absolute Gasteiger partial charge is 0.251 e. The van der Waals surface area contributed by atoms with E-state index < -0.39 is 5.91 Å². The number of carbonyl (C=O) groups excluding carboxylic acids is 2. The summed E-state index contributed by atoms with van der Waals surface area (Å²) in [5.41, 5.74) is 7.53. The molecular weight excluding hydrogens is 272 g/mol. The third-order valence-corrected chi connectivity index (χ3v) is 6.26. The molecule has 3 aliphatic rings. The van der Waals surface area contributed by atoms with Crippen LogP contribution in [0.1, 0.15) is 52.9 Å². The van der Waals surface area contributed by atoms with Crippen molar-refractivity contribution in [3.05, 3.63) is 16.0 Å². The number of anilines is 1. The number of amides is 2. The van der Waals surface area contributed by atoms with Gasteiger partial charge in [0.25, 0.3) is 5.91 Å². The molecule has 0 bridgehead atoms. The predicted molar refractivity (Wildman–Crippen MR) is 77.9 cm³/mol. The van der Waals surface area contributed by atoms with E-state index in [1.165, 1.54) is 17.7 Å².